The summed E-state index contributed by atoms with van der Waals surface area (Å²) >= 11 is 0. The Morgan fingerprint density at radius 3 is 2.60 bits per heavy atom. The van der Waals surface area contributed by atoms with Crippen molar-refractivity contribution in [3.05, 3.63) is 12.7 Å². The first-order chi connectivity index (χ1) is 4.58. The topological polar surface area (TPSA) is 15.6 Å². The van der Waals surface area contributed by atoms with Crippen LogP contribution in [-0.4, -0.2) is 24.3 Å². The number of nitrogens with zero attached hydrogens (tertiary/aromatic N) is 2. The molecular weight excluding hydrogens is 124 g/mol. The van der Waals surface area contributed by atoms with Crippen molar-refractivity contribution in [2.24, 2.45) is 10.5 Å². The maximum atomic E-state index is 4.29. The van der Waals surface area contributed by atoms with E-state index in [-0.39, 0.29) is 5.41 Å². The molecular formula is C8H14N2. The van der Waals surface area contributed by atoms with Crippen molar-refractivity contribution in [1.82, 2.24) is 5.01 Å². The van der Waals surface area contributed by atoms with E-state index in [1.165, 1.54) is 0 Å². The first-order valence-corrected chi connectivity index (χ1v) is 3.49. The highest BCUT2D eigenvalue weighted by atomic mass is 15.5. The monoisotopic (exact) mass is 138 g/mol. The molecule has 0 spiro atoms. The number of rotatable bonds is 1. The Morgan fingerprint density at radius 1 is 1.80 bits per heavy atom. The van der Waals surface area contributed by atoms with Gasteiger partial charge in [0, 0.05) is 24.7 Å². The normalized spacial score (nSPS) is 32.3. The van der Waals surface area contributed by atoms with E-state index in [4.69, 9.17) is 0 Å². The number of hydrazone groups is 1. The third kappa shape index (κ3) is 0.939. The van der Waals surface area contributed by atoms with Crippen LogP contribution in [0.5, 0.6) is 0 Å². The van der Waals surface area contributed by atoms with Gasteiger partial charge in [-0.15, -0.1) is 6.58 Å². The van der Waals surface area contributed by atoms with Gasteiger partial charge in [0.25, 0.3) is 0 Å². The van der Waals surface area contributed by atoms with Crippen LogP contribution in [0.4, 0.5) is 0 Å². The molecule has 0 saturated heterocycles. The van der Waals surface area contributed by atoms with Gasteiger partial charge in [-0.25, -0.2) is 0 Å². The highest BCUT2D eigenvalue weighted by molar-refractivity contribution is 5.90. The summed E-state index contributed by atoms with van der Waals surface area (Å²) in [5.74, 6) is 0. The molecule has 0 fully saturated rings. The molecule has 0 radical (unpaired) electrons. The molecule has 1 unspecified atom stereocenters. The van der Waals surface area contributed by atoms with Gasteiger partial charge >= 0.3 is 0 Å². The van der Waals surface area contributed by atoms with E-state index in [1.807, 2.05) is 25.1 Å². The SMILES string of the molecule is C=CC1(C)CN(C)N=C1C. The molecule has 1 rings (SSSR count). The summed E-state index contributed by atoms with van der Waals surface area (Å²) in [5.41, 5.74) is 1.26. The quantitative estimate of drug-likeness (QED) is 0.501. The average Bonchev–Trinajstić information content (AvgIpc) is 2.09. The molecule has 0 N–H and O–H groups in total. The van der Waals surface area contributed by atoms with Crippen LogP contribution < -0.4 is 0 Å². The van der Waals surface area contributed by atoms with Gasteiger partial charge in [0.1, 0.15) is 0 Å². The minimum atomic E-state index is 0.106. The summed E-state index contributed by atoms with van der Waals surface area (Å²) < 4.78 is 0. The Balaban J connectivity index is 2.85. The van der Waals surface area contributed by atoms with Gasteiger partial charge in [-0.2, -0.15) is 5.10 Å². The van der Waals surface area contributed by atoms with Gasteiger partial charge in [-0.3, -0.25) is 5.01 Å². The molecule has 2 heteroatoms. The molecule has 1 heterocycles. The smallest absolute Gasteiger partial charge is 0.0498 e. The summed E-state index contributed by atoms with van der Waals surface area (Å²) in [6, 6.07) is 0. The standard InChI is InChI=1S/C8H14N2/c1-5-8(3)6-10(4)9-7(8)2/h5H,1,6H2,2-4H3. The van der Waals surface area contributed by atoms with Crippen LogP contribution in [0.25, 0.3) is 0 Å². The van der Waals surface area contributed by atoms with Crippen LogP contribution in [0.3, 0.4) is 0 Å². The van der Waals surface area contributed by atoms with E-state index in [9.17, 15) is 0 Å². The Kier molecular flexibility index (Phi) is 1.55. The first-order valence-electron chi connectivity index (χ1n) is 3.49. The van der Waals surface area contributed by atoms with Gasteiger partial charge in [-0.1, -0.05) is 6.08 Å². The minimum absolute atomic E-state index is 0.106. The molecule has 1 atom stereocenters. The second-order valence-corrected chi connectivity index (χ2v) is 3.12. The highest BCUT2D eigenvalue weighted by Crippen LogP contribution is 2.26. The predicted molar refractivity (Wildman–Crippen MR) is 44.0 cm³/mol. The first kappa shape index (κ1) is 7.32. The molecule has 56 valence electrons. The zero-order valence-corrected chi connectivity index (χ0v) is 6.89. The molecule has 0 aromatic heterocycles. The molecule has 0 amide bonds. The van der Waals surface area contributed by atoms with E-state index in [0.717, 1.165) is 12.3 Å². The number of hydrogen-bond acceptors (Lipinski definition) is 2. The fourth-order valence-electron chi connectivity index (χ4n) is 1.21. The molecule has 0 aliphatic carbocycles. The maximum Gasteiger partial charge on any atom is 0.0498 e. The van der Waals surface area contributed by atoms with Crippen LogP contribution in [-0.2, 0) is 0 Å². The van der Waals surface area contributed by atoms with Crippen molar-refractivity contribution < 1.29 is 0 Å². The van der Waals surface area contributed by atoms with E-state index in [1.54, 1.807) is 0 Å². The van der Waals surface area contributed by atoms with Gasteiger partial charge in [0.15, 0.2) is 0 Å². The van der Waals surface area contributed by atoms with Crippen molar-refractivity contribution in [1.29, 1.82) is 0 Å². The van der Waals surface area contributed by atoms with Crippen molar-refractivity contribution in [2.75, 3.05) is 13.6 Å². The summed E-state index contributed by atoms with van der Waals surface area (Å²) in [6.07, 6.45) is 1.97. The molecule has 0 bridgehead atoms. The van der Waals surface area contributed by atoms with Gasteiger partial charge in [0.2, 0.25) is 0 Å². The molecule has 10 heavy (non-hydrogen) atoms. The van der Waals surface area contributed by atoms with Crippen molar-refractivity contribution in [2.45, 2.75) is 13.8 Å². The fourth-order valence-corrected chi connectivity index (χ4v) is 1.21. The third-order valence-corrected chi connectivity index (χ3v) is 2.16. The van der Waals surface area contributed by atoms with E-state index in [2.05, 4.69) is 18.6 Å². The fraction of sp³-hybridized carbons (Fsp3) is 0.625. The molecule has 1 aliphatic rings. The van der Waals surface area contributed by atoms with Gasteiger partial charge < -0.3 is 0 Å². The Labute approximate surface area is 62.2 Å². The predicted octanol–water partition coefficient (Wildman–Crippen LogP) is 1.50. The Morgan fingerprint density at radius 2 is 2.40 bits per heavy atom. The second-order valence-electron chi connectivity index (χ2n) is 3.12. The lowest BCUT2D eigenvalue weighted by molar-refractivity contribution is 0.337. The van der Waals surface area contributed by atoms with Crippen molar-refractivity contribution in [3.63, 3.8) is 0 Å². The molecule has 0 aromatic rings. The molecule has 0 saturated carbocycles. The van der Waals surface area contributed by atoms with Gasteiger partial charge in [-0.05, 0) is 13.8 Å². The van der Waals surface area contributed by atoms with Crippen LogP contribution in [0, 0.1) is 5.41 Å². The lowest BCUT2D eigenvalue weighted by Gasteiger charge is -2.18. The van der Waals surface area contributed by atoms with Crippen molar-refractivity contribution in [3.8, 4) is 0 Å². The summed E-state index contributed by atoms with van der Waals surface area (Å²) in [7, 11) is 1.98. The van der Waals surface area contributed by atoms with Crippen LogP contribution in [0.15, 0.2) is 17.8 Å². The molecule has 2 nitrogen and oxygen atoms in total. The largest absolute Gasteiger partial charge is 0.299 e. The lowest BCUT2D eigenvalue weighted by atomic mass is 9.87. The molecule has 1 aliphatic heterocycles. The lowest BCUT2D eigenvalue weighted by Crippen LogP contribution is -2.25. The van der Waals surface area contributed by atoms with Gasteiger partial charge in [0.05, 0.1) is 0 Å². The van der Waals surface area contributed by atoms with E-state index in [0.29, 0.717) is 0 Å². The van der Waals surface area contributed by atoms with E-state index < -0.39 is 0 Å². The highest BCUT2D eigenvalue weighted by Gasteiger charge is 2.30. The second kappa shape index (κ2) is 2.11. The maximum absolute atomic E-state index is 4.29. The zero-order chi connectivity index (χ0) is 7.78. The summed E-state index contributed by atoms with van der Waals surface area (Å²) in [5, 5.41) is 6.25. The number of hydrogen-bond donors (Lipinski definition) is 0. The Hall–Kier alpha value is -0.790. The average molecular weight is 138 g/mol. The van der Waals surface area contributed by atoms with Crippen LogP contribution in [0.2, 0.25) is 0 Å². The van der Waals surface area contributed by atoms with E-state index >= 15 is 0 Å². The summed E-state index contributed by atoms with van der Waals surface area (Å²) in [6.45, 7) is 8.95. The van der Waals surface area contributed by atoms with Crippen LogP contribution in [0.1, 0.15) is 13.8 Å². The van der Waals surface area contributed by atoms with Crippen LogP contribution >= 0.6 is 0 Å². The van der Waals surface area contributed by atoms with Crippen molar-refractivity contribution >= 4 is 5.71 Å². The zero-order valence-electron chi connectivity index (χ0n) is 6.89. The molecule has 0 aromatic carbocycles. The summed E-state index contributed by atoms with van der Waals surface area (Å²) in [4.78, 5) is 0. The minimum Gasteiger partial charge on any atom is -0.299 e. The third-order valence-electron chi connectivity index (χ3n) is 2.16. The Bertz CT molecular complexity index is 184.